The van der Waals surface area contributed by atoms with E-state index in [-0.39, 0.29) is 33.0 Å². The first-order chi connectivity index (χ1) is 18.6. The molecule has 2 N–H and O–H groups in total. The van der Waals surface area contributed by atoms with Gasteiger partial charge in [0.1, 0.15) is 18.1 Å². The number of hydrazone groups is 1. The standard InChI is InChI=1S/C26H17ClF6N2O4S/c27-22-12-19(6-7-23(22)36)40(37,38)35-34-13-16-5-8-24(21-4-2-1-3-20(16)21)39-14-15-9-17(25(28,29)30)11-18(10-15)26(31,32)33/h1-13,35-36H,14H2/b34-13+. The number of alkyl halides is 6. The van der Waals surface area contributed by atoms with Crippen molar-refractivity contribution in [1.82, 2.24) is 4.83 Å². The summed E-state index contributed by atoms with van der Waals surface area (Å²) in [4.78, 5) is 1.77. The number of rotatable bonds is 7. The van der Waals surface area contributed by atoms with Crippen molar-refractivity contribution < 1.29 is 44.6 Å². The molecular formula is C26H17ClF6N2O4S. The minimum absolute atomic E-state index is 0.0392. The molecule has 6 nitrogen and oxygen atoms in total. The zero-order valence-corrected chi connectivity index (χ0v) is 21.5. The van der Waals surface area contributed by atoms with Crippen molar-refractivity contribution in [3.8, 4) is 11.5 Å². The van der Waals surface area contributed by atoms with Gasteiger partial charge in [0.2, 0.25) is 0 Å². The summed E-state index contributed by atoms with van der Waals surface area (Å²) < 4.78 is 110. The summed E-state index contributed by atoms with van der Waals surface area (Å²) in [6, 6.07) is 14.0. The van der Waals surface area contributed by atoms with Gasteiger partial charge in [-0.05, 0) is 59.5 Å². The summed E-state index contributed by atoms with van der Waals surface area (Å²) in [7, 11) is -4.13. The summed E-state index contributed by atoms with van der Waals surface area (Å²) in [6.45, 7) is -0.584. The Hall–Kier alpha value is -3.97. The Labute approximate surface area is 228 Å². The van der Waals surface area contributed by atoms with Gasteiger partial charge in [-0.15, -0.1) is 0 Å². The van der Waals surface area contributed by atoms with Crippen LogP contribution in [-0.2, 0) is 29.0 Å². The molecule has 14 heteroatoms. The Kier molecular flexibility index (Phi) is 7.90. The number of fused-ring (bicyclic) bond motifs is 1. The molecule has 0 atom stereocenters. The quantitative estimate of drug-likeness (QED) is 0.134. The number of benzene rings is 4. The van der Waals surface area contributed by atoms with E-state index < -0.39 is 40.1 Å². The van der Waals surface area contributed by atoms with Crippen molar-refractivity contribution in [3.63, 3.8) is 0 Å². The number of aromatic hydroxyl groups is 1. The highest BCUT2D eigenvalue weighted by Crippen LogP contribution is 2.37. The Balaban J connectivity index is 1.58. The van der Waals surface area contributed by atoms with Gasteiger partial charge in [-0.3, -0.25) is 0 Å². The van der Waals surface area contributed by atoms with Gasteiger partial charge in [0.25, 0.3) is 10.0 Å². The van der Waals surface area contributed by atoms with Crippen LogP contribution in [0.1, 0.15) is 22.3 Å². The van der Waals surface area contributed by atoms with Crippen LogP contribution in [-0.4, -0.2) is 19.7 Å². The third kappa shape index (κ3) is 6.59. The van der Waals surface area contributed by atoms with E-state index in [1.165, 1.54) is 18.3 Å². The molecule has 0 unspecified atom stereocenters. The van der Waals surface area contributed by atoms with Crippen LogP contribution in [0.3, 0.4) is 0 Å². The maximum absolute atomic E-state index is 13.2. The number of halogens is 7. The summed E-state index contributed by atoms with van der Waals surface area (Å²) in [5.41, 5.74) is -2.81. The average Bonchev–Trinajstić information content (AvgIpc) is 2.88. The highest BCUT2D eigenvalue weighted by atomic mass is 35.5. The van der Waals surface area contributed by atoms with Crippen molar-refractivity contribution in [1.29, 1.82) is 0 Å². The van der Waals surface area contributed by atoms with E-state index in [4.69, 9.17) is 16.3 Å². The normalized spacial score (nSPS) is 12.7. The third-order valence-corrected chi connectivity index (χ3v) is 7.09. The lowest BCUT2D eigenvalue weighted by atomic mass is 10.0. The molecule has 0 amide bonds. The zero-order chi connectivity index (χ0) is 29.3. The molecular weight excluding hydrogens is 586 g/mol. The molecule has 0 aliphatic heterocycles. The van der Waals surface area contributed by atoms with Crippen molar-refractivity contribution in [3.05, 3.63) is 100 Å². The fraction of sp³-hybridized carbons (Fsp3) is 0.115. The second kappa shape index (κ2) is 10.9. The average molecular weight is 603 g/mol. The first-order valence-corrected chi connectivity index (χ1v) is 13.0. The number of hydrogen-bond donors (Lipinski definition) is 2. The molecule has 0 heterocycles. The van der Waals surface area contributed by atoms with Crippen molar-refractivity contribution in [2.45, 2.75) is 23.9 Å². The van der Waals surface area contributed by atoms with E-state index >= 15 is 0 Å². The molecule has 0 fully saturated rings. The number of phenolic OH excluding ortho intramolecular Hbond substituents is 1. The SMILES string of the molecule is O=S(=O)(N/N=C/c1ccc(OCc2cc(C(F)(F)F)cc(C(F)(F)F)c2)c2ccccc12)c1ccc(O)c(Cl)c1. The Morgan fingerprint density at radius 1 is 0.875 bits per heavy atom. The molecule has 0 saturated carbocycles. The van der Waals surface area contributed by atoms with E-state index in [1.54, 1.807) is 24.3 Å². The number of nitrogens with zero attached hydrogens (tertiary/aromatic N) is 1. The summed E-state index contributed by atoms with van der Waals surface area (Å²) in [5, 5.41) is 14.0. The Bertz CT molecular complexity index is 1670. The Morgan fingerprint density at radius 2 is 1.50 bits per heavy atom. The second-order valence-corrected chi connectivity index (χ2v) is 10.4. The molecule has 4 aromatic rings. The fourth-order valence-electron chi connectivity index (χ4n) is 3.67. The van der Waals surface area contributed by atoms with Crippen molar-refractivity contribution in [2.24, 2.45) is 5.10 Å². The minimum Gasteiger partial charge on any atom is -0.506 e. The number of hydrogen-bond acceptors (Lipinski definition) is 5. The molecule has 4 aromatic carbocycles. The summed E-state index contributed by atoms with van der Waals surface area (Å²) >= 11 is 5.76. The smallest absolute Gasteiger partial charge is 0.416 e. The predicted molar refractivity (Wildman–Crippen MR) is 136 cm³/mol. The molecule has 0 aliphatic rings. The van der Waals surface area contributed by atoms with Crippen LogP contribution < -0.4 is 9.57 Å². The van der Waals surface area contributed by atoms with Crippen LogP contribution >= 0.6 is 11.6 Å². The predicted octanol–water partition coefficient (Wildman–Crippen LogP) is 7.13. The van der Waals surface area contributed by atoms with Crippen LogP contribution in [0.4, 0.5) is 26.3 Å². The summed E-state index contributed by atoms with van der Waals surface area (Å²) in [5.74, 6) is -0.134. The van der Waals surface area contributed by atoms with Gasteiger partial charge in [0.15, 0.2) is 0 Å². The van der Waals surface area contributed by atoms with Gasteiger partial charge in [0, 0.05) is 10.9 Å². The van der Waals surface area contributed by atoms with Crippen LogP contribution in [0, 0.1) is 0 Å². The van der Waals surface area contributed by atoms with Crippen LogP contribution in [0.15, 0.2) is 82.8 Å². The number of sulfonamides is 1. The first kappa shape index (κ1) is 29.0. The van der Waals surface area contributed by atoms with Gasteiger partial charge in [0.05, 0.1) is 27.3 Å². The fourth-order valence-corrected chi connectivity index (χ4v) is 4.73. The maximum Gasteiger partial charge on any atom is 0.416 e. The van der Waals surface area contributed by atoms with E-state index in [1.807, 2.05) is 4.83 Å². The molecule has 0 saturated heterocycles. The van der Waals surface area contributed by atoms with E-state index in [0.717, 1.165) is 18.2 Å². The lowest BCUT2D eigenvalue weighted by molar-refractivity contribution is -0.143. The maximum atomic E-state index is 13.2. The van der Waals surface area contributed by atoms with Gasteiger partial charge >= 0.3 is 12.4 Å². The first-order valence-electron chi connectivity index (χ1n) is 11.1. The lowest BCUT2D eigenvalue weighted by Crippen LogP contribution is -2.18. The molecule has 210 valence electrons. The monoisotopic (exact) mass is 602 g/mol. The van der Waals surface area contributed by atoms with E-state index in [0.29, 0.717) is 28.5 Å². The van der Waals surface area contributed by atoms with Crippen LogP contribution in [0.5, 0.6) is 11.5 Å². The second-order valence-electron chi connectivity index (χ2n) is 8.37. The van der Waals surface area contributed by atoms with Gasteiger partial charge in [-0.2, -0.15) is 39.9 Å². The van der Waals surface area contributed by atoms with Crippen molar-refractivity contribution in [2.75, 3.05) is 0 Å². The molecule has 0 aromatic heterocycles. The van der Waals surface area contributed by atoms with E-state index in [2.05, 4.69) is 5.10 Å². The lowest BCUT2D eigenvalue weighted by Gasteiger charge is -2.15. The Morgan fingerprint density at radius 3 is 2.10 bits per heavy atom. The van der Waals surface area contributed by atoms with Crippen LogP contribution in [0.25, 0.3) is 10.8 Å². The van der Waals surface area contributed by atoms with Crippen LogP contribution in [0.2, 0.25) is 5.02 Å². The largest absolute Gasteiger partial charge is 0.506 e. The molecule has 40 heavy (non-hydrogen) atoms. The van der Waals surface area contributed by atoms with Gasteiger partial charge < -0.3 is 9.84 Å². The van der Waals surface area contributed by atoms with E-state index in [9.17, 15) is 39.9 Å². The highest BCUT2D eigenvalue weighted by Gasteiger charge is 2.37. The number of phenols is 1. The molecule has 0 bridgehead atoms. The zero-order valence-electron chi connectivity index (χ0n) is 19.9. The van der Waals surface area contributed by atoms with Crippen molar-refractivity contribution >= 4 is 38.6 Å². The number of nitrogens with one attached hydrogen (secondary N) is 1. The van der Waals surface area contributed by atoms with Gasteiger partial charge in [-0.1, -0.05) is 35.9 Å². The highest BCUT2D eigenvalue weighted by molar-refractivity contribution is 7.89. The molecule has 0 spiro atoms. The van der Waals surface area contributed by atoms with Gasteiger partial charge in [-0.25, -0.2) is 4.83 Å². The molecule has 4 rings (SSSR count). The molecule has 0 radical (unpaired) electrons. The number of ether oxygens (including phenoxy) is 1. The topological polar surface area (TPSA) is 88.0 Å². The summed E-state index contributed by atoms with van der Waals surface area (Å²) in [6.07, 6.45) is -8.77. The third-order valence-electron chi connectivity index (χ3n) is 5.57. The minimum atomic E-state index is -4.99. The molecule has 0 aliphatic carbocycles.